The smallest absolute Gasteiger partial charge is 0.271 e. The Kier molecular flexibility index (Phi) is 6.36. The van der Waals surface area contributed by atoms with Crippen LogP contribution in [0.1, 0.15) is 11.1 Å². The van der Waals surface area contributed by atoms with Crippen molar-refractivity contribution >= 4 is 33.0 Å². The zero-order valence-electron chi connectivity index (χ0n) is 17.0. The molecule has 0 saturated heterocycles. The highest BCUT2D eigenvalue weighted by Gasteiger charge is 2.27. The molecule has 3 aromatic carbocycles. The fourth-order valence-electron chi connectivity index (χ4n) is 3.16. The van der Waals surface area contributed by atoms with Crippen LogP contribution in [0.15, 0.2) is 77.7 Å². The van der Waals surface area contributed by atoms with Crippen molar-refractivity contribution in [3.8, 4) is 0 Å². The van der Waals surface area contributed by atoms with Crippen molar-refractivity contribution in [1.29, 1.82) is 0 Å². The number of nitrogens with zero attached hydrogens (tertiary/aromatic N) is 2. The van der Waals surface area contributed by atoms with E-state index in [9.17, 15) is 23.3 Å². The SMILES string of the molecule is Cc1cc(C)cc(N(CC(=O)Nc2cccc([N+](=O)[O-])c2)S(=O)(=O)c2ccccc2)c1. The molecule has 0 aliphatic heterocycles. The summed E-state index contributed by atoms with van der Waals surface area (Å²) >= 11 is 0. The van der Waals surface area contributed by atoms with Crippen LogP contribution in [0.25, 0.3) is 0 Å². The molecule has 0 bridgehead atoms. The van der Waals surface area contributed by atoms with Crippen molar-refractivity contribution in [3.05, 3.63) is 94.0 Å². The highest BCUT2D eigenvalue weighted by Crippen LogP contribution is 2.26. The summed E-state index contributed by atoms with van der Waals surface area (Å²) in [6.45, 7) is 3.18. The highest BCUT2D eigenvalue weighted by molar-refractivity contribution is 7.92. The molecular weight excluding hydrogens is 418 g/mol. The van der Waals surface area contributed by atoms with Crippen molar-refractivity contribution in [1.82, 2.24) is 0 Å². The van der Waals surface area contributed by atoms with Gasteiger partial charge in [0, 0.05) is 17.8 Å². The van der Waals surface area contributed by atoms with Gasteiger partial charge in [0.1, 0.15) is 6.54 Å². The van der Waals surface area contributed by atoms with E-state index >= 15 is 0 Å². The fourth-order valence-corrected chi connectivity index (χ4v) is 4.58. The summed E-state index contributed by atoms with van der Waals surface area (Å²) in [4.78, 5) is 23.2. The number of aryl methyl sites for hydroxylation is 2. The Bertz CT molecular complexity index is 1210. The van der Waals surface area contributed by atoms with Crippen molar-refractivity contribution in [3.63, 3.8) is 0 Å². The van der Waals surface area contributed by atoms with E-state index in [1.165, 1.54) is 36.4 Å². The van der Waals surface area contributed by atoms with E-state index in [1.807, 2.05) is 19.9 Å². The van der Waals surface area contributed by atoms with Crippen LogP contribution in [-0.2, 0) is 14.8 Å². The number of nitro benzene ring substituents is 1. The molecule has 1 N–H and O–H groups in total. The summed E-state index contributed by atoms with van der Waals surface area (Å²) in [5, 5.41) is 13.5. The number of benzene rings is 3. The second-order valence-corrected chi connectivity index (χ2v) is 8.89. The first kappa shape index (κ1) is 22.0. The maximum absolute atomic E-state index is 13.3. The summed E-state index contributed by atoms with van der Waals surface area (Å²) in [6, 6.07) is 18.6. The normalized spacial score (nSPS) is 11.0. The van der Waals surface area contributed by atoms with E-state index in [2.05, 4.69) is 5.32 Å². The third-order valence-electron chi connectivity index (χ3n) is 4.45. The molecule has 0 saturated carbocycles. The van der Waals surface area contributed by atoms with Gasteiger partial charge in [-0.05, 0) is 55.3 Å². The van der Waals surface area contributed by atoms with E-state index in [4.69, 9.17) is 0 Å². The predicted molar refractivity (Wildman–Crippen MR) is 119 cm³/mol. The van der Waals surface area contributed by atoms with Gasteiger partial charge in [0.15, 0.2) is 0 Å². The van der Waals surface area contributed by atoms with Gasteiger partial charge in [0.2, 0.25) is 5.91 Å². The van der Waals surface area contributed by atoms with Crippen LogP contribution in [0.4, 0.5) is 17.1 Å². The lowest BCUT2D eigenvalue weighted by Crippen LogP contribution is -2.38. The first-order valence-electron chi connectivity index (χ1n) is 9.37. The topological polar surface area (TPSA) is 110 Å². The number of nitro groups is 1. The first-order valence-corrected chi connectivity index (χ1v) is 10.8. The first-order chi connectivity index (χ1) is 14.7. The number of non-ortho nitro benzene ring substituents is 1. The van der Waals surface area contributed by atoms with Gasteiger partial charge in [-0.2, -0.15) is 0 Å². The lowest BCUT2D eigenvalue weighted by molar-refractivity contribution is -0.384. The molecule has 0 aromatic heterocycles. The third-order valence-corrected chi connectivity index (χ3v) is 6.24. The molecule has 31 heavy (non-hydrogen) atoms. The van der Waals surface area contributed by atoms with E-state index in [1.54, 1.807) is 30.3 Å². The number of hydrogen-bond donors (Lipinski definition) is 1. The number of nitrogens with one attached hydrogen (secondary N) is 1. The quantitative estimate of drug-likeness (QED) is 0.441. The number of anilines is 2. The van der Waals surface area contributed by atoms with Crippen LogP contribution in [0.5, 0.6) is 0 Å². The summed E-state index contributed by atoms with van der Waals surface area (Å²) in [6.07, 6.45) is 0. The summed E-state index contributed by atoms with van der Waals surface area (Å²) in [7, 11) is -4.03. The molecule has 8 nitrogen and oxygen atoms in total. The Balaban J connectivity index is 1.96. The highest BCUT2D eigenvalue weighted by atomic mass is 32.2. The summed E-state index contributed by atoms with van der Waals surface area (Å²) in [5.74, 6) is -0.626. The average molecular weight is 439 g/mol. The van der Waals surface area contributed by atoms with Crippen LogP contribution in [-0.4, -0.2) is 25.8 Å². The molecule has 0 atom stereocenters. The standard InChI is InChI=1S/C22H21N3O5S/c1-16-11-17(2)13-20(12-16)24(31(29,30)21-9-4-3-5-10-21)15-22(26)23-18-7-6-8-19(14-18)25(27)28/h3-14H,15H2,1-2H3,(H,23,26). The molecule has 0 aliphatic carbocycles. The van der Waals surface area contributed by atoms with Gasteiger partial charge in [-0.1, -0.05) is 30.3 Å². The van der Waals surface area contributed by atoms with Gasteiger partial charge in [-0.15, -0.1) is 0 Å². The molecule has 0 fully saturated rings. The van der Waals surface area contributed by atoms with Crippen LogP contribution >= 0.6 is 0 Å². The molecule has 160 valence electrons. The Hall–Kier alpha value is -3.72. The monoisotopic (exact) mass is 439 g/mol. The van der Waals surface area contributed by atoms with Gasteiger partial charge in [0.25, 0.3) is 15.7 Å². The molecule has 0 spiro atoms. The van der Waals surface area contributed by atoms with E-state index in [-0.39, 0.29) is 16.3 Å². The van der Waals surface area contributed by atoms with Gasteiger partial charge < -0.3 is 5.32 Å². The van der Waals surface area contributed by atoms with Crippen LogP contribution in [0.2, 0.25) is 0 Å². The van der Waals surface area contributed by atoms with Gasteiger partial charge in [-0.3, -0.25) is 19.2 Å². The minimum absolute atomic E-state index is 0.0531. The molecule has 0 unspecified atom stereocenters. The Morgan fingerprint density at radius 2 is 1.61 bits per heavy atom. The lowest BCUT2D eigenvalue weighted by Gasteiger charge is -2.25. The third kappa shape index (κ3) is 5.26. The Labute approximate surface area is 180 Å². The van der Waals surface area contributed by atoms with Crippen LogP contribution < -0.4 is 9.62 Å². The van der Waals surface area contributed by atoms with Gasteiger partial charge in [-0.25, -0.2) is 8.42 Å². The summed E-state index contributed by atoms with van der Waals surface area (Å²) in [5.41, 5.74) is 2.08. The summed E-state index contributed by atoms with van der Waals surface area (Å²) < 4.78 is 27.7. The van der Waals surface area contributed by atoms with Crippen molar-refractivity contribution in [2.75, 3.05) is 16.2 Å². The maximum atomic E-state index is 13.3. The molecule has 1 amide bonds. The second kappa shape index (κ2) is 8.97. The van der Waals surface area contributed by atoms with Crippen molar-refractivity contribution in [2.45, 2.75) is 18.7 Å². The second-order valence-electron chi connectivity index (χ2n) is 7.03. The molecule has 3 rings (SSSR count). The number of rotatable bonds is 7. The maximum Gasteiger partial charge on any atom is 0.271 e. The number of carbonyl (C=O) groups is 1. The fraction of sp³-hybridized carbons (Fsp3) is 0.136. The predicted octanol–water partition coefficient (Wildman–Crippen LogP) is 4.05. The number of hydrogen-bond acceptors (Lipinski definition) is 5. The molecule has 3 aromatic rings. The zero-order chi connectivity index (χ0) is 22.6. The van der Waals surface area contributed by atoms with Gasteiger partial charge >= 0.3 is 0 Å². The Morgan fingerprint density at radius 1 is 0.968 bits per heavy atom. The van der Waals surface area contributed by atoms with Crippen LogP contribution in [0, 0.1) is 24.0 Å². The molecule has 0 aliphatic rings. The molecule has 9 heteroatoms. The van der Waals surface area contributed by atoms with E-state index in [0.29, 0.717) is 5.69 Å². The van der Waals surface area contributed by atoms with Crippen LogP contribution in [0.3, 0.4) is 0 Å². The number of sulfonamides is 1. The van der Waals surface area contributed by atoms with E-state index < -0.39 is 27.4 Å². The minimum atomic E-state index is -4.03. The van der Waals surface area contributed by atoms with E-state index in [0.717, 1.165) is 15.4 Å². The molecule has 0 heterocycles. The number of carbonyl (C=O) groups excluding carboxylic acids is 1. The zero-order valence-corrected chi connectivity index (χ0v) is 17.8. The molecular formula is C22H21N3O5S. The largest absolute Gasteiger partial charge is 0.324 e. The lowest BCUT2D eigenvalue weighted by atomic mass is 10.1. The van der Waals surface area contributed by atoms with Crippen molar-refractivity contribution < 1.29 is 18.1 Å². The number of amides is 1. The Morgan fingerprint density at radius 3 is 2.23 bits per heavy atom. The van der Waals surface area contributed by atoms with Gasteiger partial charge in [0.05, 0.1) is 15.5 Å². The average Bonchev–Trinajstić information content (AvgIpc) is 2.72. The molecule has 0 radical (unpaired) electrons. The minimum Gasteiger partial charge on any atom is -0.324 e. The van der Waals surface area contributed by atoms with Crippen molar-refractivity contribution in [2.24, 2.45) is 0 Å².